The van der Waals surface area contributed by atoms with E-state index in [0.717, 1.165) is 17.0 Å². The average Bonchev–Trinajstić information content (AvgIpc) is 2.24. The summed E-state index contributed by atoms with van der Waals surface area (Å²) in [5.41, 5.74) is 2.48. The van der Waals surface area contributed by atoms with Crippen LogP contribution in [0.5, 0.6) is 0 Å². The Morgan fingerprint density at radius 1 is 1.13 bits per heavy atom. The molecule has 0 aliphatic heterocycles. The van der Waals surface area contributed by atoms with Crippen LogP contribution in [0.2, 0.25) is 5.15 Å². The van der Waals surface area contributed by atoms with E-state index in [1.165, 1.54) is 0 Å². The molecule has 0 aliphatic rings. The van der Waals surface area contributed by atoms with Crippen LogP contribution >= 0.6 is 11.6 Å². The quantitative estimate of drug-likeness (QED) is 0.693. The van der Waals surface area contributed by atoms with E-state index in [1.54, 1.807) is 6.20 Å². The van der Waals surface area contributed by atoms with Gasteiger partial charge in [-0.2, -0.15) is 0 Å². The van der Waals surface area contributed by atoms with Gasteiger partial charge in [-0.15, -0.1) is 0 Å². The normalized spacial score (nSPS) is 10.3. The van der Waals surface area contributed by atoms with E-state index in [2.05, 4.69) is 15.0 Å². The first-order valence-electron chi connectivity index (χ1n) is 4.60. The third kappa shape index (κ3) is 1.97. The largest absolute Gasteiger partial charge is 0.255 e. The number of halogens is 1. The molecule has 2 heterocycles. The van der Waals surface area contributed by atoms with E-state index in [1.807, 2.05) is 32.0 Å². The van der Waals surface area contributed by atoms with E-state index < -0.39 is 0 Å². The number of hydrogen-bond acceptors (Lipinski definition) is 3. The first-order valence-corrected chi connectivity index (χ1v) is 4.98. The van der Waals surface area contributed by atoms with Crippen LogP contribution in [0.4, 0.5) is 0 Å². The van der Waals surface area contributed by atoms with Gasteiger partial charge in [-0.05, 0) is 26.0 Å². The number of hydrogen-bond donors (Lipinski definition) is 0. The number of nitrogens with zero attached hydrogens (tertiary/aromatic N) is 3. The van der Waals surface area contributed by atoms with Crippen molar-refractivity contribution in [2.45, 2.75) is 13.8 Å². The Morgan fingerprint density at radius 3 is 2.60 bits per heavy atom. The molecule has 0 aliphatic carbocycles. The molecule has 0 N–H and O–H groups in total. The summed E-state index contributed by atoms with van der Waals surface area (Å²) in [6.07, 6.45) is 1.74. The Labute approximate surface area is 93.2 Å². The van der Waals surface area contributed by atoms with Crippen molar-refractivity contribution < 1.29 is 0 Å². The van der Waals surface area contributed by atoms with Crippen molar-refractivity contribution in [2.75, 3.05) is 0 Å². The summed E-state index contributed by atoms with van der Waals surface area (Å²) in [7, 11) is 0. The zero-order chi connectivity index (χ0) is 10.8. The van der Waals surface area contributed by atoms with Crippen LogP contribution in [-0.4, -0.2) is 15.0 Å². The van der Waals surface area contributed by atoms with Crippen LogP contribution in [0.1, 0.15) is 11.4 Å². The van der Waals surface area contributed by atoms with E-state index in [-0.39, 0.29) is 0 Å². The van der Waals surface area contributed by atoms with Crippen molar-refractivity contribution in [3.05, 3.63) is 40.9 Å². The van der Waals surface area contributed by atoms with E-state index >= 15 is 0 Å². The topological polar surface area (TPSA) is 38.7 Å². The van der Waals surface area contributed by atoms with Crippen molar-refractivity contribution in [2.24, 2.45) is 0 Å². The molecule has 15 heavy (non-hydrogen) atoms. The summed E-state index contributed by atoms with van der Waals surface area (Å²) in [5.74, 6) is 0.659. The molecule has 0 saturated carbocycles. The Kier molecular flexibility index (Phi) is 2.64. The van der Waals surface area contributed by atoms with Crippen LogP contribution in [0.25, 0.3) is 11.4 Å². The van der Waals surface area contributed by atoms with Gasteiger partial charge in [-0.25, -0.2) is 9.97 Å². The summed E-state index contributed by atoms with van der Waals surface area (Å²) in [6.45, 7) is 3.71. The molecule has 4 heteroatoms. The van der Waals surface area contributed by atoms with Gasteiger partial charge in [0.05, 0.1) is 11.4 Å². The Hall–Kier alpha value is -1.48. The number of aromatic nitrogens is 3. The van der Waals surface area contributed by atoms with Gasteiger partial charge >= 0.3 is 0 Å². The molecule has 2 aromatic heterocycles. The minimum Gasteiger partial charge on any atom is -0.255 e. The van der Waals surface area contributed by atoms with Crippen molar-refractivity contribution in [1.29, 1.82) is 0 Å². The molecule has 0 spiro atoms. The highest BCUT2D eigenvalue weighted by atomic mass is 35.5. The monoisotopic (exact) mass is 219 g/mol. The lowest BCUT2D eigenvalue weighted by molar-refractivity contribution is 1.03. The maximum atomic E-state index is 5.99. The van der Waals surface area contributed by atoms with Gasteiger partial charge in [0.15, 0.2) is 0 Å². The molecule has 3 nitrogen and oxygen atoms in total. The molecule has 76 valence electrons. The van der Waals surface area contributed by atoms with Gasteiger partial charge in [-0.3, -0.25) is 4.98 Å². The molecular formula is C11H10ClN3. The minimum absolute atomic E-state index is 0.489. The lowest BCUT2D eigenvalue weighted by atomic mass is 10.2. The smallest absolute Gasteiger partial charge is 0.136 e. The fraction of sp³-hybridized carbons (Fsp3) is 0.182. The first-order chi connectivity index (χ1) is 7.18. The average molecular weight is 220 g/mol. The zero-order valence-electron chi connectivity index (χ0n) is 8.53. The number of pyridine rings is 1. The van der Waals surface area contributed by atoms with Gasteiger partial charge in [0.2, 0.25) is 0 Å². The fourth-order valence-electron chi connectivity index (χ4n) is 1.35. The van der Waals surface area contributed by atoms with Gasteiger partial charge in [0, 0.05) is 11.8 Å². The van der Waals surface area contributed by atoms with E-state index in [0.29, 0.717) is 11.0 Å². The molecule has 0 atom stereocenters. The van der Waals surface area contributed by atoms with Crippen molar-refractivity contribution in [3.63, 3.8) is 0 Å². The molecule has 0 aromatic carbocycles. The van der Waals surface area contributed by atoms with Gasteiger partial charge < -0.3 is 0 Å². The van der Waals surface area contributed by atoms with Crippen LogP contribution < -0.4 is 0 Å². The number of aryl methyl sites for hydroxylation is 1. The second-order valence-electron chi connectivity index (χ2n) is 3.25. The van der Waals surface area contributed by atoms with E-state index in [9.17, 15) is 0 Å². The predicted molar refractivity (Wildman–Crippen MR) is 59.7 cm³/mol. The molecule has 0 unspecified atom stereocenters. The maximum Gasteiger partial charge on any atom is 0.136 e. The second-order valence-corrected chi connectivity index (χ2v) is 3.61. The third-order valence-electron chi connectivity index (χ3n) is 2.11. The summed E-state index contributed by atoms with van der Waals surface area (Å²) >= 11 is 5.99. The maximum absolute atomic E-state index is 5.99. The Bertz CT molecular complexity index is 483. The molecule has 0 bridgehead atoms. The van der Waals surface area contributed by atoms with Crippen LogP contribution in [0, 0.1) is 13.8 Å². The molecule has 2 aromatic rings. The highest BCUT2D eigenvalue weighted by Crippen LogP contribution is 2.23. The lowest BCUT2D eigenvalue weighted by Gasteiger charge is -2.06. The summed E-state index contributed by atoms with van der Waals surface area (Å²) < 4.78 is 0. The van der Waals surface area contributed by atoms with E-state index in [4.69, 9.17) is 11.6 Å². The van der Waals surface area contributed by atoms with Crippen LogP contribution in [-0.2, 0) is 0 Å². The second kappa shape index (κ2) is 3.95. The highest BCUT2D eigenvalue weighted by Gasteiger charge is 2.09. The molecule has 0 amide bonds. The Morgan fingerprint density at radius 2 is 1.93 bits per heavy atom. The highest BCUT2D eigenvalue weighted by molar-refractivity contribution is 6.30. The summed E-state index contributed by atoms with van der Waals surface area (Å²) in [6, 6.07) is 5.70. The summed E-state index contributed by atoms with van der Waals surface area (Å²) in [5, 5.41) is 0.489. The molecular weight excluding hydrogens is 210 g/mol. The SMILES string of the molecule is Cc1nc(Cl)c(C)c(-c2ccccn2)n1. The zero-order valence-corrected chi connectivity index (χ0v) is 9.28. The van der Waals surface area contributed by atoms with Gasteiger partial charge in [0.25, 0.3) is 0 Å². The van der Waals surface area contributed by atoms with Gasteiger partial charge in [-0.1, -0.05) is 17.7 Å². The standard InChI is InChI=1S/C11H10ClN3/c1-7-10(9-5-3-4-6-13-9)14-8(2)15-11(7)12/h3-6H,1-2H3. The Balaban J connectivity index is 2.63. The molecule has 0 saturated heterocycles. The molecule has 0 radical (unpaired) electrons. The van der Waals surface area contributed by atoms with Crippen molar-refractivity contribution in [1.82, 2.24) is 15.0 Å². The third-order valence-corrected chi connectivity index (χ3v) is 2.47. The van der Waals surface area contributed by atoms with Crippen molar-refractivity contribution >= 4 is 11.6 Å². The van der Waals surface area contributed by atoms with Gasteiger partial charge in [0.1, 0.15) is 11.0 Å². The fourth-order valence-corrected chi connectivity index (χ4v) is 1.56. The summed E-state index contributed by atoms with van der Waals surface area (Å²) in [4.78, 5) is 12.7. The van der Waals surface area contributed by atoms with Crippen molar-refractivity contribution in [3.8, 4) is 11.4 Å². The minimum atomic E-state index is 0.489. The molecule has 0 fully saturated rings. The number of rotatable bonds is 1. The molecule has 2 rings (SSSR count). The van der Waals surface area contributed by atoms with Crippen LogP contribution in [0.3, 0.4) is 0 Å². The lowest BCUT2D eigenvalue weighted by Crippen LogP contribution is -1.97. The first kappa shape index (κ1) is 10.1. The van der Waals surface area contributed by atoms with Crippen LogP contribution in [0.15, 0.2) is 24.4 Å². The predicted octanol–water partition coefficient (Wildman–Crippen LogP) is 2.81.